The molecule has 2 aromatic rings. The molecule has 0 radical (unpaired) electrons. The molecule has 0 heterocycles. The van der Waals surface area contributed by atoms with E-state index in [-0.39, 0.29) is 22.9 Å². The van der Waals surface area contributed by atoms with Gasteiger partial charge in [0.05, 0.1) is 24.0 Å². The molecule has 2 aromatic carbocycles. The fourth-order valence-electron chi connectivity index (χ4n) is 2.51. The molecule has 2 N–H and O–H groups in total. The van der Waals surface area contributed by atoms with Crippen LogP contribution in [0.5, 0.6) is 11.5 Å². The highest BCUT2D eigenvalue weighted by Gasteiger charge is 2.25. The molecule has 0 spiro atoms. The van der Waals surface area contributed by atoms with Gasteiger partial charge in [-0.15, -0.1) is 0 Å². The fraction of sp³-hybridized carbons (Fsp3) is 0.294. The molecular weight excluding hydrogens is 392 g/mol. The third-order valence-corrected chi connectivity index (χ3v) is 6.76. The van der Waals surface area contributed by atoms with E-state index in [1.807, 2.05) is 0 Å². The number of rotatable bonds is 8. The molecule has 8 nitrogen and oxygen atoms in total. The Kier molecular flexibility index (Phi) is 6.47. The molecule has 148 valence electrons. The molecular formula is C17H22N2O6S2. The lowest BCUT2D eigenvalue weighted by atomic mass is 10.2. The lowest BCUT2D eigenvalue weighted by Crippen LogP contribution is -2.30. The summed E-state index contributed by atoms with van der Waals surface area (Å²) in [7, 11) is -4.93. The molecule has 0 aromatic heterocycles. The number of methoxy groups -OCH3 is 2. The summed E-state index contributed by atoms with van der Waals surface area (Å²) < 4.78 is 60.6. The van der Waals surface area contributed by atoms with E-state index < -0.39 is 20.0 Å². The van der Waals surface area contributed by atoms with E-state index >= 15 is 0 Å². The Balaban J connectivity index is 2.39. The van der Waals surface area contributed by atoms with Gasteiger partial charge >= 0.3 is 0 Å². The van der Waals surface area contributed by atoms with Crippen molar-refractivity contribution < 1.29 is 26.3 Å². The number of benzene rings is 2. The lowest BCUT2D eigenvalue weighted by molar-refractivity contribution is 0.353. The van der Waals surface area contributed by atoms with E-state index in [1.54, 1.807) is 25.1 Å². The van der Waals surface area contributed by atoms with Crippen molar-refractivity contribution in [3.8, 4) is 11.5 Å². The minimum atomic E-state index is -4.01. The molecule has 0 aliphatic heterocycles. The summed E-state index contributed by atoms with van der Waals surface area (Å²) in [6.07, 6.45) is 0. The highest BCUT2D eigenvalue weighted by Crippen LogP contribution is 2.29. The first-order valence-corrected chi connectivity index (χ1v) is 11.0. The highest BCUT2D eigenvalue weighted by molar-refractivity contribution is 7.90. The quantitative estimate of drug-likeness (QED) is 0.701. The Morgan fingerprint density at radius 1 is 0.926 bits per heavy atom. The van der Waals surface area contributed by atoms with Gasteiger partial charge in [-0.2, -0.15) is 4.31 Å². The van der Waals surface area contributed by atoms with Crippen LogP contribution in [0, 0.1) is 0 Å². The minimum absolute atomic E-state index is 0.0821. The van der Waals surface area contributed by atoms with E-state index in [2.05, 4.69) is 0 Å². The summed E-state index contributed by atoms with van der Waals surface area (Å²) >= 11 is 0. The van der Waals surface area contributed by atoms with Crippen molar-refractivity contribution in [3.63, 3.8) is 0 Å². The second-order valence-electron chi connectivity index (χ2n) is 5.64. The molecule has 10 heteroatoms. The Bertz CT molecular complexity index is 1020. The molecule has 0 amide bonds. The van der Waals surface area contributed by atoms with Gasteiger partial charge in [-0.1, -0.05) is 19.1 Å². The summed E-state index contributed by atoms with van der Waals surface area (Å²) in [5.74, 6) is 1.02. The van der Waals surface area contributed by atoms with Gasteiger partial charge in [0, 0.05) is 13.1 Å². The van der Waals surface area contributed by atoms with Crippen LogP contribution in [0.1, 0.15) is 12.5 Å². The first-order valence-electron chi connectivity index (χ1n) is 7.97. The van der Waals surface area contributed by atoms with E-state index in [1.165, 1.54) is 36.7 Å². The van der Waals surface area contributed by atoms with Crippen molar-refractivity contribution in [1.29, 1.82) is 0 Å². The van der Waals surface area contributed by atoms with Crippen molar-refractivity contribution in [2.45, 2.75) is 23.3 Å². The first kappa shape index (κ1) is 21.2. The average Bonchev–Trinajstić information content (AvgIpc) is 2.65. The fourth-order valence-corrected chi connectivity index (χ4v) is 4.63. The van der Waals surface area contributed by atoms with E-state index in [4.69, 9.17) is 14.6 Å². The third-order valence-electron chi connectivity index (χ3n) is 3.93. The van der Waals surface area contributed by atoms with Gasteiger partial charge in [-0.25, -0.2) is 22.0 Å². The van der Waals surface area contributed by atoms with Gasteiger partial charge in [0.1, 0.15) is 0 Å². The first-order chi connectivity index (χ1) is 12.6. The zero-order chi connectivity index (χ0) is 20.2. The van der Waals surface area contributed by atoms with Crippen LogP contribution in [-0.4, -0.2) is 41.9 Å². The van der Waals surface area contributed by atoms with Crippen LogP contribution >= 0.6 is 0 Å². The van der Waals surface area contributed by atoms with Crippen molar-refractivity contribution in [1.82, 2.24) is 4.31 Å². The molecule has 0 fully saturated rings. The maximum absolute atomic E-state index is 13.0. The molecule has 0 unspecified atom stereocenters. The summed E-state index contributed by atoms with van der Waals surface area (Å²) in [6, 6.07) is 10.1. The van der Waals surface area contributed by atoms with Gasteiger partial charge < -0.3 is 9.47 Å². The number of hydrogen-bond acceptors (Lipinski definition) is 6. The van der Waals surface area contributed by atoms with E-state index in [0.29, 0.717) is 17.1 Å². The second-order valence-corrected chi connectivity index (χ2v) is 9.14. The Labute approximate surface area is 159 Å². The standard InChI is InChI=1S/C17H22N2O6S2/c1-4-19(12-13-8-9-16(24-2)17(10-13)25-3)27(22,23)15-7-5-6-14(11-15)26(18,20)21/h5-11H,4,12H2,1-3H3,(H2,18,20,21). The van der Waals surface area contributed by atoms with Crippen LogP contribution in [0.2, 0.25) is 0 Å². The topological polar surface area (TPSA) is 116 Å². The number of primary sulfonamides is 1. The summed E-state index contributed by atoms with van der Waals surface area (Å²) in [4.78, 5) is -0.401. The Morgan fingerprint density at radius 2 is 1.56 bits per heavy atom. The molecule has 0 aliphatic carbocycles. The largest absolute Gasteiger partial charge is 0.493 e. The van der Waals surface area contributed by atoms with E-state index in [9.17, 15) is 16.8 Å². The second kappa shape index (κ2) is 8.26. The van der Waals surface area contributed by atoms with Gasteiger partial charge in [-0.05, 0) is 35.9 Å². The maximum Gasteiger partial charge on any atom is 0.243 e. The van der Waals surface area contributed by atoms with Crippen LogP contribution in [0.4, 0.5) is 0 Å². The number of sulfonamides is 2. The monoisotopic (exact) mass is 414 g/mol. The van der Waals surface area contributed by atoms with Crippen molar-refractivity contribution in [2.24, 2.45) is 5.14 Å². The van der Waals surface area contributed by atoms with Crippen LogP contribution in [0.25, 0.3) is 0 Å². The minimum Gasteiger partial charge on any atom is -0.493 e. The van der Waals surface area contributed by atoms with Gasteiger partial charge in [-0.3, -0.25) is 0 Å². The molecule has 0 bridgehead atoms. The molecule has 0 saturated heterocycles. The zero-order valence-electron chi connectivity index (χ0n) is 15.2. The number of nitrogens with zero attached hydrogens (tertiary/aromatic N) is 1. The average molecular weight is 415 g/mol. The molecule has 27 heavy (non-hydrogen) atoms. The summed E-state index contributed by atoms with van der Waals surface area (Å²) in [5.41, 5.74) is 0.695. The van der Waals surface area contributed by atoms with Gasteiger partial charge in [0.2, 0.25) is 20.0 Å². The zero-order valence-corrected chi connectivity index (χ0v) is 16.9. The molecule has 0 saturated carbocycles. The molecule has 0 atom stereocenters. The van der Waals surface area contributed by atoms with Crippen LogP contribution in [-0.2, 0) is 26.6 Å². The number of hydrogen-bond donors (Lipinski definition) is 1. The lowest BCUT2D eigenvalue weighted by Gasteiger charge is -2.21. The Morgan fingerprint density at radius 3 is 2.11 bits per heavy atom. The van der Waals surface area contributed by atoms with Crippen molar-refractivity contribution in [3.05, 3.63) is 48.0 Å². The SMILES string of the molecule is CCN(Cc1ccc(OC)c(OC)c1)S(=O)(=O)c1cccc(S(N)(=O)=O)c1. The highest BCUT2D eigenvalue weighted by atomic mass is 32.2. The smallest absolute Gasteiger partial charge is 0.243 e. The van der Waals surface area contributed by atoms with E-state index in [0.717, 1.165) is 6.07 Å². The van der Waals surface area contributed by atoms with Crippen LogP contribution in [0.3, 0.4) is 0 Å². The van der Waals surface area contributed by atoms with Crippen LogP contribution < -0.4 is 14.6 Å². The predicted molar refractivity (Wildman–Crippen MR) is 101 cm³/mol. The molecule has 2 rings (SSSR count). The molecule has 0 aliphatic rings. The number of ether oxygens (including phenoxy) is 2. The summed E-state index contributed by atoms with van der Waals surface area (Å²) in [5, 5.41) is 5.10. The Hall–Kier alpha value is -2.14. The number of nitrogens with two attached hydrogens (primary N) is 1. The van der Waals surface area contributed by atoms with Crippen molar-refractivity contribution in [2.75, 3.05) is 20.8 Å². The van der Waals surface area contributed by atoms with Gasteiger partial charge in [0.25, 0.3) is 0 Å². The predicted octanol–water partition coefficient (Wildman–Crippen LogP) is 1.56. The summed E-state index contributed by atoms with van der Waals surface area (Å²) in [6.45, 7) is 1.97. The van der Waals surface area contributed by atoms with Crippen LogP contribution in [0.15, 0.2) is 52.3 Å². The van der Waals surface area contributed by atoms with Gasteiger partial charge in [0.15, 0.2) is 11.5 Å². The normalized spacial score (nSPS) is 12.2. The van der Waals surface area contributed by atoms with Crippen molar-refractivity contribution >= 4 is 20.0 Å². The maximum atomic E-state index is 13.0. The third kappa shape index (κ3) is 4.78.